The maximum absolute atomic E-state index is 6.25. The monoisotopic (exact) mass is 336 g/mol. The fourth-order valence-corrected chi connectivity index (χ4v) is 2.49. The minimum Gasteiger partial charge on any atom is -0.439 e. The zero-order valence-electron chi connectivity index (χ0n) is 13.2. The van der Waals surface area contributed by atoms with E-state index in [1.54, 1.807) is 7.05 Å². The number of rotatable bonds is 4. The number of ether oxygens (including phenoxy) is 1. The summed E-state index contributed by atoms with van der Waals surface area (Å²) in [5.74, 6) is 1.28. The summed E-state index contributed by atoms with van der Waals surface area (Å²) in [7, 11) is 1.71. The van der Waals surface area contributed by atoms with Crippen molar-refractivity contribution in [3.8, 4) is 5.75 Å². The Labute approximate surface area is 146 Å². The minimum absolute atomic E-state index is 0.538. The van der Waals surface area contributed by atoms with Gasteiger partial charge in [-0.25, -0.2) is 0 Å². The minimum atomic E-state index is 0.538. The Morgan fingerprint density at radius 3 is 2.17 bits per heavy atom. The number of nitrogens with zero attached hydrogens (tertiary/aromatic N) is 1. The molecule has 0 heterocycles. The summed E-state index contributed by atoms with van der Waals surface area (Å²) in [4.78, 5) is 4.30. The number of aliphatic imine (C=N–C) groups is 1. The van der Waals surface area contributed by atoms with E-state index in [1.165, 1.54) is 0 Å². The molecule has 3 aromatic rings. The maximum atomic E-state index is 6.25. The van der Waals surface area contributed by atoms with Gasteiger partial charge >= 0.3 is 0 Å². The van der Waals surface area contributed by atoms with Crippen molar-refractivity contribution in [1.82, 2.24) is 0 Å². The number of para-hydroxylation sites is 3. The summed E-state index contributed by atoms with van der Waals surface area (Å²) in [6, 6.07) is 25.1. The summed E-state index contributed by atoms with van der Waals surface area (Å²) < 4.78 is 5.94. The predicted octanol–water partition coefficient (Wildman–Crippen LogP) is 5.54. The molecule has 0 aliphatic heterocycles. The number of hydrogen-bond donors (Lipinski definition) is 1. The second-order valence-electron chi connectivity index (χ2n) is 5.09. The first kappa shape index (κ1) is 16.1. The molecule has 0 saturated carbocycles. The van der Waals surface area contributed by atoms with Crippen LogP contribution in [0.15, 0.2) is 83.9 Å². The van der Waals surface area contributed by atoms with Crippen molar-refractivity contribution in [2.24, 2.45) is 4.99 Å². The first-order valence-corrected chi connectivity index (χ1v) is 7.96. The second-order valence-corrected chi connectivity index (χ2v) is 5.50. The molecule has 3 rings (SSSR count). The third kappa shape index (κ3) is 3.76. The van der Waals surface area contributed by atoms with Crippen LogP contribution in [-0.4, -0.2) is 12.9 Å². The fraction of sp³-hybridized carbons (Fsp3) is 0.0500. The molecule has 4 heteroatoms. The van der Waals surface area contributed by atoms with Crippen LogP contribution in [0, 0.1) is 0 Å². The normalized spacial score (nSPS) is 11.2. The molecule has 0 fully saturated rings. The highest BCUT2D eigenvalue weighted by Crippen LogP contribution is 2.27. The number of halogens is 1. The van der Waals surface area contributed by atoms with Gasteiger partial charge in [0, 0.05) is 7.05 Å². The Bertz CT molecular complexity index is 847. The number of benzene rings is 3. The summed E-state index contributed by atoms with van der Waals surface area (Å²) in [6.07, 6.45) is 0. The smallest absolute Gasteiger partial charge is 0.223 e. The van der Waals surface area contributed by atoms with E-state index < -0.39 is 0 Å². The molecule has 0 aromatic heterocycles. The Hall–Kier alpha value is -2.78. The van der Waals surface area contributed by atoms with Gasteiger partial charge in [0.2, 0.25) is 5.90 Å². The van der Waals surface area contributed by atoms with E-state index in [-0.39, 0.29) is 0 Å². The molecule has 0 aliphatic rings. The first-order valence-electron chi connectivity index (χ1n) is 7.58. The van der Waals surface area contributed by atoms with Crippen molar-refractivity contribution in [2.75, 3.05) is 12.4 Å². The quantitative estimate of drug-likeness (QED) is 0.501. The summed E-state index contributed by atoms with van der Waals surface area (Å²) >= 11 is 6.25. The second kappa shape index (κ2) is 7.66. The largest absolute Gasteiger partial charge is 0.439 e. The lowest BCUT2D eigenvalue weighted by Crippen LogP contribution is -2.12. The molecule has 0 radical (unpaired) electrons. The van der Waals surface area contributed by atoms with Crippen molar-refractivity contribution in [2.45, 2.75) is 0 Å². The zero-order valence-corrected chi connectivity index (χ0v) is 14.0. The van der Waals surface area contributed by atoms with Gasteiger partial charge in [0.05, 0.1) is 22.0 Å². The molecular weight excluding hydrogens is 320 g/mol. The van der Waals surface area contributed by atoms with Crippen LogP contribution in [0.5, 0.6) is 5.75 Å². The first-order chi connectivity index (χ1) is 11.8. The van der Waals surface area contributed by atoms with Crippen LogP contribution in [0.25, 0.3) is 0 Å². The van der Waals surface area contributed by atoms with Crippen LogP contribution in [0.1, 0.15) is 5.56 Å². The van der Waals surface area contributed by atoms with Crippen LogP contribution in [-0.2, 0) is 0 Å². The van der Waals surface area contributed by atoms with Gasteiger partial charge in [-0.1, -0.05) is 54.1 Å². The van der Waals surface area contributed by atoms with Gasteiger partial charge in [-0.2, -0.15) is 0 Å². The van der Waals surface area contributed by atoms with Crippen LogP contribution in [0.3, 0.4) is 0 Å². The van der Waals surface area contributed by atoms with Crippen molar-refractivity contribution in [1.29, 1.82) is 0 Å². The Kier molecular flexibility index (Phi) is 5.14. The van der Waals surface area contributed by atoms with Gasteiger partial charge in [-0.15, -0.1) is 0 Å². The molecule has 0 spiro atoms. The van der Waals surface area contributed by atoms with E-state index in [4.69, 9.17) is 16.3 Å². The van der Waals surface area contributed by atoms with E-state index in [1.807, 2.05) is 78.9 Å². The highest BCUT2D eigenvalue weighted by atomic mass is 35.5. The van der Waals surface area contributed by atoms with Crippen LogP contribution < -0.4 is 10.1 Å². The Balaban J connectivity index is 1.92. The molecule has 24 heavy (non-hydrogen) atoms. The third-order valence-corrected chi connectivity index (χ3v) is 3.79. The lowest BCUT2D eigenvalue weighted by molar-refractivity contribution is 0.551. The van der Waals surface area contributed by atoms with Crippen LogP contribution in [0.2, 0.25) is 5.02 Å². The van der Waals surface area contributed by atoms with E-state index in [9.17, 15) is 0 Å². The molecule has 1 N–H and O–H groups in total. The van der Waals surface area contributed by atoms with E-state index >= 15 is 0 Å². The predicted molar refractivity (Wildman–Crippen MR) is 101 cm³/mol. The van der Waals surface area contributed by atoms with Crippen molar-refractivity contribution in [3.63, 3.8) is 0 Å². The standard InChI is InChI=1S/C20H17ClN2O/c1-22-20(24-15-9-3-2-4-10-15)16-11-5-7-13-18(16)23-19-14-8-6-12-17(19)21/h2-14,23H,1H3. The van der Waals surface area contributed by atoms with E-state index in [0.29, 0.717) is 10.9 Å². The van der Waals surface area contributed by atoms with Crippen LogP contribution in [0.4, 0.5) is 11.4 Å². The van der Waals surface area contributed by atoms with Crippen molar-refractivity contribution < 1.29 is 4.74 Å². The zero-order chi connectivity index (χ0) is 16.8. The van der Waals surface area contributed by atoms with Crippen molar-refractivity contribution >= 4 is 28.9 Å². The van der Waals surface area contributed by atoms with Gasteiger partial charge in [-0.3, -0.25) is 4.99 Å². The molecule has 3 nitrogen and oxygen atoms in total. The molecule has 0 unspecified atom stereocenters. The molecule has 3 aromatic carbocycles. The topological polar surface area (TPSA) is 33.6 Å². The van der Waals surface area contributed by atoms with Crippen molar-refractivity contribution in [3.05, 3.63) is 89.4 Å². The van der Waals surface area contributed by atoms with Gasteiger partial charge in [0.15, 0.2) is 0 Å². The number of anilines is 2. The highest BCUT2D eigenvalue weighted by Gasteiger charge is 2.12. The van der Waals surface area contributed by atoms with E-state index in [0.717, 1.165) is 22.7 Å². The van der Waals surface area contributed by atoms with E-state index in [2.05, 4.69) is 10.3 Å². The lowest BCUT2D eigenvalue weighted by Gasteiger charge is -2.15. The number of hydrogen-bond acceptors (Lipinski definition) is 3. The molecule has 0 saturated heterocycles. The molecule has 120 valence electrons. The summed E-state index contributed by atoms with van der Waals surface area (Å²) in [5.41, 5.74) is 2.58. The molecule has 0 bridgehead atoms. The van der Waals surface area contributed by atoms with Gasteiger partial charge in [0.1, 0.15) is 5.75 Å². The van der Waals surface area contributed by atoms with Crippen LogP contribution >= 0.6 is 11.6 Å². The Morgan fingerprint density at radius 1 is 0.833 bits per heavy atom. The average molecular weight is 337 g/mol. The molecule has 0 atom stereocenters. The third-order valence-electron chi connectivity index (χ3n) is 3.46. The molecule has 0 amide bonds. The lowest BCUT2D eigenvalue weighted by atomic mass is 10.1. The fourth-order valence-electron chi connectivity index (χ4n) is 2.31. The molecule has 0 aliphatic carbocycles. The van der Waals surface area contributed by atoms with Gasteiger partial charge < -0.3 is 10.1 Å². The maximum Gasteiger partial charge on any atom is 0.223 e. The number of nitrogens with one attached hydrogen (secondary N) is 1. The summed E-state index contributed by atoms with van der Waals surface area (Å²) in [5, 5.41) is 4.01. The molecular formula is C20H17ClN2O. The van der Waals surface area contributed by atoms with Gasteiger partial charge in [0.25, 0.3) is 0 Å². The summed E-state index contributed by atoms with van der Waals surface area (Å²) in [6.45, 7) is 0. The SMILES string of the molecule is CN=C(Oc1ccccc1)c1ccccc1Nc1ccccc1Cl. The highest BCUT2D eigenvalue weighted by molar-refractivity contribution is 6.33. The van der Waals surface area contributed by atoms with Gasteiger partial charge in [-0.05, 0) is 36.4 Å². The average Bonchev–Trinajstić information content (AvgIpc) is 2.63. The Morgan fingerprint density at radius 2 is 1.46 bits per heavy atom.